The maximum Gasteiger partial charge on any atom is 0.242 e. The lowest BCUT2D eigenvalue weighted by atomic mass is 10.2. The summed E-state index contributed by atoms with van der Waals surface area (Å²) < 4.78 is 6.20. The van der Waals surface area contributed by atoms with Crippen molar-refractivity contribution < 1.29 is 9.53 Å². The van der Waals surface area contributed by atoms with Gasteiger partial charge in [0.15, 0.2) is 0 Å². The zero-order chi connectivity index (χ0) is 14.4. The summed E-state index contributed by atoms with van der Waals surface area (Å²) in [5.74, 6) is 0.00604. The van der Waals surface area contributed by atoms with Crippen molar-refractivity contribution in [2.24, 2.45) is 0 Å². The number of methoxy groups -OCH3 is 1. The fraction of sp³-hybridized carbons (Fsp3) is 0.400. The molecule has 0 radical (unpaired) electrons. The molecule has 0 saturated carbocycles. The lowest BCUT2D eigenvalue weighted by molar-refractivity contribution is -0.121. The summed E-state index contributed by atoms with van der Waals surface area (Å²) in [5.41, 5.74) is 0.968. The van der Waals surface area contributed by atoms with E-state index in [2.05, 4.69) is 34.2 Å². The van der Waals surface area contributed by atoms with Gasteiger partial charge in [-0.05, 0) is 48.4 Å². The highest BCUT2D eigenvalue weighted by Gasteiger charge is 2.11. The average Bonchev–Trinajstić information content (AvgIpc) is 2.90. The number of fused-ring (bicyclic) bond motifs is 1. The number of benzene rings is 1. The molecule has 2 rings (SSSR count). The largest absolute Gasteiger partial charge is 0.385 e. The zero-order valence-corrected chi connectivity index (χ0v) is 12.6. The Morgan fingerprint density at radius 2 is 2.25 bits per heavy atom. The Morgan fingerprint density at radius 3 is 3.05 bits per heavy atom. The molecule has 0 aliphatic rings. The van der Waals surface area contributed by atoms with Gasteiger partial charge in [-0.15, -0.1) is 11.3 Å². The van der Waals surface area contributed by atoms with Crippen LogP contribution in [-0.2, 0) is 9.53 Å². The highest BCUT2D eigenvalue weighted by atomic mass is 32.1. The maximum absolute atomic E-state index is 11.9. The predicted molar refractivity (Wildman–Crippen MR) is 84.4 cm³/mol. The van der Waals surface area contributed by atoms with Crippen molar-refractivity contribution in [3.05, 3.63) is 29.6 Å². The molecule has 1 heterocycles. The Morgan fingerprint density at radius 1 is 1.40 bits per heavy atom. The zero-order valence-electron chi connectivity index (χ0n) is 11.8. The number of nitrogens with one attached hydrogen (secondary N) is 2. The molecule has 0 fully saturated rings. The van der Waals surface area contributed by atoms with E-state index in [1.807, 2.05) is 13.0 Å². The number of thiophene rings is 1. The molecule has 1 aromatic heterocycles. The first-order valence-electron chi connectivity index (χ1n) is 6.71. The van der Waals surface area contributed by atoms with Crippen molar-refractivity contribution in [2.75, 3.05) is 25.6 Å². The summed E-state index contributed by atoms with van der Waals surface area (Å²) in [6.45, 7) is 3.17. The second-order valence-electron chi connectivity index (χ2n) is 4.68. The van der Waals surface area contributed by atoms with Gasteiger partial charge in [0.1, 0.15) is 6.04 Å². The fourth-order valence-electron chi connectivity index (χ4n) is 1.95. The van der Waals surface area contributed by atoms with Gasteiger partial charge < -0.3 is 15.4 Å². The van der Waals surface area contributed by atoms with Gasteiger partial charge in [-0.1, -0.05) is 0 Å². The number of hydrogen-bond donors (Lipinski definition) is 2. The summed E-state index contributed by atoms with van der Waals surface area (Å²) >= 11 is 1.72. The smallest absolute Gasteiger partial charge is 0.242 e. The van der Waals surface area contributed by atoms with Crippen LogP contribution in [0.15, 0.2) is 29.6 Å². The minimum atomic E-state index is -0.256. The molecule has 5 heteroatoms. The molecule has 20 heavy (non-hydrogen) atoms. The average molecular weight is 292 g/mol. The van der Waals surface area contributed by atoms with E-state index in [9.17, 15) is 4.79 Å². The van der Waals surface area contributed by atoms with E-state index in [1.54, 1.807) is 18.4 Å². The highest BCUT2D eigenvalue weighted by Crippen LogP contribution is 2.24. The lowest BCUT2D eigenvalue weighted by Gasteiger charge is -2.15. The Bertz CT molecular complexity index is 568. The third kappa shape index (κ3) is 3.95. The molecule has 4 nitrogen and oxygen atoms in total. The number of ether oxygens (including phenoxy) is 1. The summed E-state index contributed by atoms with van der Waals surface area (Å²) in [4.78, 5) is 11.9. The van der Waals surface area contributed by atoms with E-state index in [4.69, 9.17) is 4.74 Å². The molecular formula is C15H20N2O2S. The number of amides is 1. The molecule has 0 aliphatic carbocycles. The summed E-state index contributed by atoms with van der Waals surface area (Å²) in [5, 5.41) is 9.39. The topological polar surface area (TPSA) is 50.4 Å². The summed E-state index contributed by atoms with van der Waals surface area (Å²) in [7, 11) is 1.66. The van der Waals surface area contributed by atoms with Gasteiger partial charge in [0, 0.05) is 30.6 Å². The number of rotatable bonds is 7. The van der Waals surface area contributed by atoms with E-state index in [-0.39, 0.29) is 11.9 Å². The normalized spacial score (nSPS) is 12.3. The molecular weight excluding hydrogens is 272 g/mol. The van der Waals surface area contributed by atoms with Gasteiger partial charge in [-0.2, -0.15) is 0 Å². The monoisotopic (exact) mass is 292 g/mol. The summed E-state index contributed by atoms with van der Waals surface area (Å²) in [6.07, 6.45) is 0.829. The van der Waals surface area contributed by atoms with Gasteiger partial charge in [0.05, 0.1) is 0 Å². The number of carbonyl (C=O) groups is 1. The van der Waals surface area contributed by atoms with Gasteiger partial charge >= 0.3 is 0 Å². The van der Waals surface area contributed by atoms with Crippen molar-refractivity contribution in [3.8, 4) is 0 Å². The molecule has 108 valence electrons. The quantitative estimate of drug-likeness (QED) is 0.772. The molecule has 0 saturated heterocycles. The molecule has 0 spiro atoms. The summed E-state index contributed by atoms with van der Waals surface area (Å²) in [6, 6.07) is 7.98. The van der Waals surface area contributed by atoms with Crippen LogP contribution in [0, 0.1) is 0 Å². The molecule has 1 aromatic carbocycles. The van der Waals surface area contributed by atoms with Crippen LogP contribution in [0.25, 0.3) is 10.1 Å². The van der Waals surface area contributed by atoms with Crippen molar-refractivity contribution in [1.29, 1.82) is 0 Å². The van der Waals surface area contributed by atoms with Crippen LogP contribution in [0.3, 0.4) is 0 Å². The van der Waals surface area contributed by atoms with Crippen molar-refractivity contribution in [3.63, 3.8) is 0 Å². The van der Waals surface area contributed by atoms with Crippen LogP contribution in [0.1, 0.15) is 13.3 Å². The van der Waals surface area contributed by atoms with E-state index >= 15 is 0 Å². The van der Waals surface area contributed by atoms with Crippen LogP contribution < -0.4 is 10.6 Å². The molecule has 2 N–H and O–H groups in total. The first-order valence-corrected chi connectivity index (χ1v) is 7.59. The highest BCUT2D eigenvalue weighted by molar-refractivity contribution is 7.17. The van der Waals surface area contributed by atoms with E-state index < -0.39 is 0 Å². The second-order valence-corrected chi connectivity index (χ2v) is 5.62. The number of anilines is 1. The Hall–Kier alpha value is -1.59. The maximum atomic E-state index is 11.9. The van der Waals surface area contributed by atoms with Crippen LogP contribution in [0.2, 0.25) is 0 Å². The standard InChI is InChI=1S/C15H20N2O2S/c1-11(15(18)16-7-3-8-19-2)17-13-4-5-14-12(10-13)6-9-20-14/h4-6,9-11,17H,3,7-8H2,1-2H3,(H,16,18). The number of carbonyl (C=O) groups excluding carboxylic acids is 1. The van der Waals surface area contributed by atoms with Gasteiger partial charge in [-0.25, -0.2) is 0 Å². The molecule has 0 bridgehead atoms. The Labute approximate surface area is 123 Å². The number of hydrogen-bond acceptors (Lipinski definition) is 4. The Balaban J connectivity index is 1.86. The van der Waals surface area contributed by atoms with E-state index in [1.165, 1.54) is 10.1 Å². The van der Waals surface area contributed by atoms with Crippen LogP contribution in [0.4, 0.5) is 5.69 Å². The van der Waals surface area contributed by atoms with Crippen molar-refractivity contribution in [2.45, 2.75) is 19.4 Å². The Kier molecular flexibility index (Phi) is 5.38. The third-order valence-electron chi connectivity index (χ3n) is 3.05. The fourth-order valence-corrected chi connectivity index (χ4v) is 2.72. The minimum Gasteiger partial charge on any atom is -0.385 e. The van der Waals surface area contributed by atoms with Gasteiger partial charge in [0.2, 0.25) is 5.91 Å². The van der Waals surface area contributed by atoms with Crippen molar-refractivity contribution >= 4 is 33.0 Å². The predicted octanol–water partition coefficient (Wildman–Crippen LogP) is 2.85. The van der Waals surface area contributed by atoms with Crippen LogP contribution >= 0.6 is 11.3 Å². The molecule has 1 amide bonds. The van der Waals surface area contributed by atoms with E-state index in [0.717, 1.165) is 12.1 Å². The minimum absolute atomic E-state index is 0.00604. The van der Waals surface area contributed by atoms with E-state index in [0.29, 0.717) is 13.2 Å². The third-order valence-corrected chi connectivity index (χ3v) is 3.95. The first kappa shape index (κ1) is 14.8. The molecule has 1 unspecified atom stereocenters. The first-order chi connectivity index (χ1) is 9.70. The lowest BCUT2D eigenvalue weighted by Crippen LogP contribution is -2.38. The van der Waals surface area contributed by atoms with Gasteiger partial charge in [-0.3, -0.25) is 4.79 Å². The van der Waals surface area contributed by atoms with Crippen molar-refractivity contribution in [1.82, 2.24) is 5.32 Å². The molecule has 1 atom stereocenters. The molecule has 2 aromatic rings. The SMILES string of the molecule is COCCCNC(=O)C(C)Nc1ccc2sccc2c1. The molecule has 0 aliphatic heterocycles. The van der Waals surface area contributed by atoms with Crippen LogP contribution in [-0.4, -0.2) is 32.2 Å². The second kappa shape index (κ2) is 7.26. The van der Waals surface area contributed by atoms with Gasteiger partial charge in [0.25, 0.3) is 0 Å². The van der Waals surface area contributed by atoms with Crippen LogP contribution in [0.5, 0.6) is 0 Å².